The summed E-state index contributed by atoms with van der Waals surface area (Å²) in [5, 5.41) is 0.702. The summed E-state index contributed by atoms with van der Waals surface area (Å²) >= 11 is 1.51. The molecule has 0 fully saturated rings. The maximum absolute atomic E-state index is 13.0. The Labute approximate surface area is 175 Å². The molecule has 6 nitrogen and oxygen atoms in total. The molecule has 0 aliphatic carbocycles. The number of para-hydroxylation sites is 2. The van der Waals surface area contributed by atoms with Crippen LogP contribution in [0.4, 0.5) is 5.13 Å². The predicted octanol–water partition coefficient (Wildman–Crippen LogP) is 4.06. The highest BCUT2D eigenvalue weighted by molar-refractivity contribution is 7.22. The molecule has 0 bridgehead atoms. The van der Waals surface area contributed by atoms with Crippen molar-refractivity contribution in [1.82, 2.24) is 9.88 Å². The SMILES string of the molecule is COc1cccc2sc(N(CCCN(C)C)C(=O)CCOc3ccccc3)nc12. The number of ether oxygens (including phenoxy) is 2. The Kier molecular flexibility index (Phi) is 7.43. The molecule has 1 heterocycles. The van der Waals surface area contributed by atoms with Crippen molar-refractivity contribution in [3.63, 3.8) is 0 Å². The van der Waals surface area contributed by atoms with Crippen LogP contribution in [0.15, 0.2) is 48.5 Å². The Balaban J connectivity index is 1.73. The number of carbonyl (C=O) groups excluding carboxylic acids is 1. The van der Waals surface area contributed by atoms with Crippen LogP contribution in [0.3, 0.4) is 0 Å². The van der Waals surface area contributed by atoms with Gasteiger partial charge in [-0.1, -0.05) is 35.6 Å². The molecule has 0 aliphatic rings. The van der Waals surface area contributed by atoms with Crippen LogP contribution in [0.25, 0.3) is 10.2 Å². The summed E-state index contributed by atoms with van der Waals surface area (Å²) in [4.78, 5) is 21.6. The van der Waals surface area contributed by atoms with Gasteiger partial charge in [-0.2, -0.15) is 0 Å². The zero-order chi connectivity index (χ0) is 20.6. The first-order valence-corrected chi connectivity index (χ1v) is 10.5. The summed E-state index contributed by atoms with van der Waals surface area (Å²) < 4.78 is 12.1. The molecule has 7 heteroatoms. The van der Waals surface area contributed by atoms with E-state index in [-0.39, 0.29) is 5.91 Å². The number of rotatable bonds is 10. The molecule has 0 aliphatic heterocycles. The Hall–Kier alpha value is -2.64. The van der Waals surface area contributed by atoms with E-state index >= 15 is 0 Å². The summed E-state index contributed by atoms with van der Waals surface area (Å²) in [7, 11) is 5.69. The second-order valence-electron chi connectivity index (χ2n) is 6.92. The van der Waals surface area contributed by atoms with Crippen LogP contribution in [0.5, 0.6) is 11.5 Å². The van der Waals surface area contributed by atoms with Gasteiger partial charge in [0.05, 0.1) is 24.8 Å². The minimum atomic E-state index is 0.0118. The van der Waals surface area contributed by atoms with E-state index < -0.39 is 0 Å². The molecule has 3 rings (SSSR count). The third-order valence-corrected chi connectivity index (χ3v) is 5.48. The summed E-state index contributed by atoms with van der Waals surface area (Å²) in [6.45, 7) is 1.85. The molecule has 0 N–H and O–H groups in total. The van der Waals surface area contributed by atoms with Crippen LogP contribution in [0.1, 0.15) is 12.8 Å². The normalized spacial score (nSPS) is 11.0. The summed E-state index contributed by atoms with van der Waals surface area (Å²) in [5.74, 6) is 1.50. The molecule has 0 radical (unpaired) electrons. The topological polar surface area (TPSA) is 54.9 Å². The quantitative estimate of drug-likeness (QED) is 0.502. The smallest absolute Gasteiger partial charge is 0.232 e. The standard InChI is InChI=1S/C22H27N3O3S/c1-24(2)14-8-15-25(20(26)13-16-28-17-9-5-4-6-10-17)22-23-21-18(27-3)11-7-12-19(21)29-22/h4-7,9-12H,8,13-16H2,1-3H3. The maximum Gasteiger partial charge on any atom is 0.232 e. The molecule has 154 valence electrons. The van der Waals surface area contributed by atoms with Crippen molar-refractivity contribution in [2.24, 2.45) is 0 Å². The van der Waals surface area contributed by atoms with Crippen LogP contribution in [0.2, 0.25) is 0 Å². The zero-order valence-corrected chi connectivity index (χ0v) is 17.9. The molecule has 0 atom stereocenters. The van der Waals surface area contributed by atoms with Crippen molar-refractivity contribution in [1.29, 1.82) is 0 Å². The number of amides is 1. The molecule has 0 saturated carbocycles. The number of hydrogen-bond donors (Lipinski definition) is 0. The van der Waals surface area contributed by atoms with Crippen LogP contribution >= 0.6 is 11.3 Å². The Morgan fingerprint density at radius 2 is 1.86 bits per heavy atom. The minimum Gasteiger partial charge on any atom is -0.494 e. The number of methoxy groups -OCH3 is 1. The lowest BCUT2D eigenvalue weighted by Crippen LogP contribution is -2.34. The van der Waals surface area contributed by atoms with Crippen LogP contribution in [-0.4, -0.2) is 56.7 Å². The van der Waals surface area contributed by atoms with Crippen molar-refractivity contribution in [2.45, 2.75) is 12.8 Å². The van der Waals surface area contributed by atoms with E-state index in [1.807, 2.05) is 62.6 Å². The fourth-order valence-electron chi connectivity index (χ4n) is 2.97. The Bertz CT molecular complexity index is 927. The van der Waals surface area contributed by atoms with Gasteiger partial charge in [0.1, 0.15) is 17.0 Å². The van der Waals surface area contributed by atoms with Crippen LogP contribution in [-0.2, 0) is 4.79 Å². The molecular weight excluding hydrogens is 386 g/mol. The zero-order valence-electron chi connectivity index (χ0n) is 17.1. The molecule has 0 saturated heterocycles. The Morgan fingerprint density at radius 1 is 1.07 bits per heavy atom. The first-order chi connectivity index (χ1) is 14.1. The van der Waals surface area contributed by atoms with Gasteiger partial charge in [0.25, 0.3) is 0 Å². The largest absolute Gasteiger partial charge is 0.494 e. The number of carbonyl (C=O) groups is 1. The third kappa shape index (κ3) is 5.68. The number of nitrogens with zero attached hydrogens (tertiary/aromatic N) is 3. The summed E-state index contributed by atoms with van der Waals surface area (Å²) in [6, 6.07) is 15.4. The van der Waals surface area contributed by atoms with Crippen molar-refractivity contribution < 1.29 is 14.3 Å². The highest BCUT2D eigenvalue weighted by Gasteiger charge is 2.20. The number of anilines is 1. The molecule has 2 aromatic carbocycles. The number of thiazole rings is 1. The van der Waals surface area contributed by atoms with Crippen LogP contribution < -0.4 is 14.4 Å². The number of fused-ring (bicyclic) bond motifs is 1. The fourth-order valence-corrected chi connectivity index (χ4v) is 4.00. The average molecular weight is 414 g/mol. The van der Waals surface area contributed by atoms with Crippen molar-refractivity contribution >= 4 is 32.6 Å². The van der Waals surface area contributed by atoms with E-state index in [1.54, 1.807) is 12.0 Å². The van der Waals surface area contributed by atoms with Crippen molar-refractivity contribution in [3.8, 4) is 11.5 Å². The van der Waals surface area contributed by atoms with Gasteiger partial charge in [-0.05, 0) is 51.3 Å². The molecule has 0 unspecified atom stereocenters. The monoisotopic (exact) mass is 413 g/mol. The maximum atomic E-state index is 13.0. The van der Waals surface area contributed by atoms with E-state index in [1.165, 1.54) is 11.3 Å². The second kappa shape index (κ2) is 10.2. The van der Waals surface area contributed by atoms with Crippen molar-refractivity contribution in [3.05, 3.63) is 48.5 Å². The lowest BCUT2D eigenvalue weighted by molar-refractivity contribution is -0.119. The number of hydrogen-bond acceptors (Lipinski definition) is 6. The molecular formula is C22H27N3O3S. The predicted molar refractivity (Wildman–Crippen MR) is 118 cm³/mol. The van der Waals surface area contributed by atoms with E-state index in [0.717, 1.165) is 34.7 Å². The second-order valence-corrected chi connectivity index (χ2v) is 7.93. The number of benzene rings is 2. The molecule has 0 spiro atoms. The highest BCUT2D eigenvalue weighted by Crippen LogP contribution is 2.34. The lowest BCUT2D eigenvalue weighted by Gasteiger charge is -2.21. The minimum absolute atomic E-state index is 0.0118. The molecule has 1 aromatic heterocycles. The number of aromatic nitrogens is 1. The Morgan fingerprint density at radius 3 is 2.59 bits per heavy atom. The first-order valence-electron chi connectivity index (χ1n) is 9.65. The molecule has 29 heavy (non-hydrogen) atoms. The third-order valence-electron chi connectivity index (χ3n) is 4.44. The van der Waals surface area contributed by atoms with Crippen molar-refractivity contribution in [2.75, 3.05) is 45.8 Å². The van der Waals surface area contributed by atoms with Gasteiger partial charge in [0, 0.05) is 6.54 Å². The van der Waals surface area contributed by atoms with E-state index in [0.29, 0.717) is 24.7 Å². The van der Waals surface area contributed by atoms with Gasteiger partial charge < -0.3 is 14.4 Å². The van der Waals surface area contributed by atoms with Gasteiger partial charge in [-0.15, -0.1) is 0 Å². The highest BCUT2D eigenvalue weighted by atomic mass is 32.1. The molecule has 1 amide bonds. The van der Waals surface area contributed by atoms with Gasteiger partial charge >= 0.3 is 0 Å². The lowest BCUT2D eigenvalue weighted by atomic mass is 10.3. The summed E-state index contributed by atoms with van der Waals surface area (Å²) in [5.41, 5.74) is 0.793. The fraction of sp³-hybridized carbons (Fsp3) is 0.364. The van der Waals surface area contributed by atoms with E-state index in [2.05, 4.69) is 4.90 Å². The van der Waals surface area contributed by atoms with Gasteiger partial charge in [-0.25, -0.2) is 4.98 Å². The van der Waals surface area contributed by atoms with E-state index in [9.17, 15) is 4.79 Å². The van der Waals surface area contributed by atoms with Crippen LogP contribution in [0, 0.1) is 0 Å². The average Bonchev–Trinajstić information content (AvgIpc) is 3.15. The van der Waals surface area contributed by atoms with Gasteiger partial charge in [0.15, 0.2) is 5.13 Å². The molecule has 3 aromatic rings. The van der Waals surface area contributed by atoms with Gasteiger partial charge in [-0.3, -0.25) is 9.69 Å². The summed E-state index contributed by atoms with van der Waals surface area (Å²) in [6.07, 6.45) is 1.16. The van der Waals surface area contributed by atoms with Gasteiger partial charge in [0.2, 0.25) is 5.91 Å². The van der Waals surface area contributed by atoms with E-state index in [4.69, 9.17) is 14.5 Å². The first kappa shape index (κ1) is 21.1.